The largest absolute Gasteiger partial charge is 0.368 e. The first-order valence-corrected chi connectivity index (χ1v) is 10.5. The number of fused-ring (bicyclic) bond motifs is 3. The average molecular weight is 391 g/mol. The second-order valence-electron chi connectivity index (χ2n) is 7.82. The lowest BCUT2D eigenvalue weighted by Gasteiger charge is -2.47. The Morgan fingerprint density at radius 3 is 2.67 bits per heavy atom. The van der Waals surface area contributed by atoms with E-state index in [1.807, 2.05) is 19.2 Å². The summed E-state index contributed by atoms with van der Waals surface area (Å²) in [4.78, 5) is 12.0. The van der Waals surface area contributed by atoms with Gasteiger partial charge in [-0.3, -0.25) is 14.8 Å². The molecular weight excluding hydrogens is 360 g/mol. The number of piperidine rings is 1. The van der Waals surface area contributed by atoms with Crippen LogP contribution in [-0.2, 0) is 0 Å². The van der Waals surface area contributed by atoms with Crippen molar-refractivity contribution in [1.82, 2.24) is 20.4 Å². The third-order valence-corrected chi connectivity index (χ3v) is 6.40. The fraction of sp³-hybridized carbons (Fsp3) is 0.650. The van der Waals surface area contributed by atoms with Crippen molar-refractivity contribution in [2.75, 3.05) is 64.3 Å². The van der Waals surface area contributed by atoms with Gasteiger partial charge >= 0.3 is 0 Å². The summed E-state index contributed by atoms with van der Waals surface area (Å²) in [5, 5.41) is 8.02. The van der Waals surface area contributed by atoms with Gasteiger partial charge in [0, 0.05) is 71.5 Å². The standard InChI is InChI=1S/C20H31ClN6/c1-22-20(23-13-17-15-25-9-11-26(17)12-10-25)24-16-5-4-8-27(14-16)19-7-3-2-6-18(19)21/h2-3,6-7,16-17H,4-5,8-15H2,1H3,(H2,22,23,24). The molecule has 1 aromatic carbocycles. The molecule has 0 saturated carbocycles. The predicted octanol–water partition coefficient (Wildman–Crippen LogP) is 1.47. The van der Waals surface area contributed by atoms with Gasteiger partial charge < -0.3 is 15.5 Å². The van der Waals surface area contributed by atoms with Crippen LogP contribution in [0.4, 0.5) is 5.69 Å². The zero-order valence-corrected chi connectivity index (χ0v) is 17.0. The first-order chi connectivity index (χ1) is 13.2. The second kappa shape index (κ2) is 8.67. The van der Waals surface area contributed by atoms with Gasteiger partial charge in [0.15, 0.2) is 5.96 Å². The van der Waals surface area contributed by atoms with Crippen molar-refractivity contribution in [2.45, 2.75) is 24.9 Å². The van der Waals surface area contributed by atoms with Crippen molar-refractivity contribution in [1.29, 1.82) is 0 Å². The van der Waals surface area contributed by atoms with Crippen molar-refractivity contribution in [2.24, 2.45) is 4.99 Å². The SMILES string of the molecule is CN=C(NCC1CN2CCN1CC2)NC1CCCN(c2ccccc2Cl)C1. The topological polar surface area (TPSA) is 46.1 Å². The van der Waals surface area contributed by atoms with Crippen LogP contribution in [0, 0.1) is 0 Å². The summed E-state index contributed by atoms with van der Waals surface area (Å²) in [6.07, 6.45) is 2.32. The molecule has 6 nitrogen and oxygen atoms in total. The number of benzene rings is 1. The Hall–Kier alpha value is -1.50. The van der Waals surface area contributed by atoms with Gasteiger partial charge in [0.1, 0.15) is 0 Å². The van der Waals surface area contributed by atoms with Crippen LogP contribution in [0.1, 0.15) is 12.8 Å². The summed E-state index contributed by atoms with van der Waals surface area (Å²) < 4.78 is 0. The Kier molecular flexibility index (Phi) is 6.05. The number of halogens is 1. The van der Waals surface area contributed by atoms with Gasteiger partial charge in [-0.25, -0.2) is 0 Å². The van der Waals surface area contributed by atoms with Gasteiger partial charge in [-0.05, 0) is 25.0 Å². The molecule has 148 valence electrons. The highest BCUT2D eigenvalue weighted by Gasteiger charge is 2.31. The van der Waals surface area contributed by atoms with E-state index in [1.54, 1.807) is 0 Å². The van der Waals surface area contributed by atoms with Gasteiger partial charge in [0.05, 0.1) is 10.7 Å². The number of anilines is 1. The highest BCUT2D eigenvalue weighted by molar-refractivity contribution is 6.33. The van der Waals surface area contributed by atoms with Gasteiger partial charge in [0.25, 0.3) is 0 Å². The maximum Gasteiger partial charge on any atom is 0.191 e. The lowest BCUT2D eigenvalue weighted by atomic mass is 10.0. The minimum absolute atomic E-state index is 0.382. The second-order valence-corrected chi connectivity index (χ2v) is 8.23. The number of nitrogens with one attached hydrogen (secondary N) is 2. The number of para-hydroxylation sites is 1. The Morgan fingerprint density at radius 1 is 1.15 bits per heavy atom. The van der Waals surface area contributed by atoms with Crippen molar-refractivity contribution >= 4 is 23.2 Å². The summed E-state index contributed by atoms with van der Waals surface area (Å²) in [5.74, 6) is 0.915. The number of piperazine rings is 3. The lowest BCUT2D eigenvalue weighted by molar-refractivity contribution is 0.0154. The quantitative estimate of drug-likeness (QED) is 0.602. The third kappa shape index (κ3) is 4.50. The number of nitrogens with zero attached hydrogens (tertiary/aromatic N) is 4. The molecule has 2 atom stereocenters. The first-order valence-electron chi connectivity index (χ1n) is 10.2. The molecule has 4 heterocycles. The van der Waals surface area contributed by atoms with Crippen molar-refractivity contribution in [3.8, 4) is 0 Å². The normalized spacial score (nSPS) is 31.0. The third-order valence-electron chi connectivity index (χ3n) is 6.08. The van der Waals surface area contributed by atoms with Crippen LogP contribution >= 0.6 is 11.6 Å². The molecule has 1 aromatic rings. The number of rotatable bonds is 4. The fourth-order valence-electron chi connectivity index (χ4n) is 4.54. The first kappa shape index (κ1) is 18.8. The highest BCUT2D eigenvalue weighted by Crippen LogP contribution is 2.27. The van der Waals surface area contributed by atoms with Crippen LogP contribution in [0.5, 0.6) is 0 Å². The zero-order chi connectivity index (χ0) is 18.6. The molecule has 4 saturated heterocycles. The van der Waals surface area contributed by atoms with E-state index in [0.29, 0.717) is 12.1 Å². The van der Waals surface area contributed by atoms with E-state index in [0.717, 1.165) is 49.1 Å². The van der Waals surface area contributed by atoms with E-state index in [9.17, 15) is 0 Å². The summed E-state index contributed by atoms with van der Waals surface area (Å²) in [7, 11) is 1.86. The van der Waals surface area contributed by atoms with Crippen LogP contribution in [0.3, 0.4) is 0 Å². The molecule has 7 heteroatoms. The molecule has 4 aliphatic heterocycles. The van der Waals surface area contributed by atoms with Crippen molar-refractivity contribution < 1.29 is 0 Å². The van der Waals surface area contributed by atoms with Gasteiger partial charge in [0.2, 0.25) is 0 Å². The summed E-state index contributed by atoms with van der Waals surface area (Å²) in [6.45, 7) is 8.99. The molecule has 27 heavy (non-hydrogen) atoms. The molecule has 5 rings (SSSR count). The molecule has 2 N–H and O–H groups in total. The maximum atomic E-state index is 6.40. The van der Waals surface area contributed by atoms with Crippen LogP contribution in [0.2, 0.25) is 5.02 Å². The number of hydrogen-bond donors (Lipinski definition) is 2. The Bertz CT molecular complexity index is 658. The predicted molar refractivity (Wildman–Crippen MR) is 113 cm³/mol. The Labute approximate surface area is 167 Å². The molecule has 0 aromatic heterocycles. The van der Waals surface area contributed by atoms with Crippen LogP contribution < -0.4 is 15.5 Å². The molecule has 0 aliphatic carbocycles. The molecular formula is C20H31ClN6. The van der Waals surface area contributed by atoms with Crippen LogP contribution in [-0.4, -0.2) is 87.2 Å². The summed E-state index contributed by atoms with van der Waals surface area (Å²) >= 11 is 6.40. The summed E-state index contributed by atoms with van der Waals surface area (Å²) in [6, 6.07) is 9.10. The van der Waals surface area contributed by atoms with Crippen LogP contribution in [0.15, 0.2) is 29.3 Å². The number of hydrogen-bond acceptors (Lipinski definition) is 4. The lowest BCUT2D eigenvalue weighted by Crippen LogP contribution is -2.64. The number of guanidine groups is 1. The minimum Gasteiger partial charge on any atom is -0.368 e. The van der Waals surface area contributed by atoms with Gasteiger partial charge in [-0.2, -0.15) is 0 Å². The van der Waals surface area contributed by atoms with Crippen LogP contribution in [0.25, 0.3) is 0 Å². The maximum absolute atomic E-state index is 6.40. The van der Waals surface area contributed by atoms with E-state index < -0.39 is 0 Å². The van der Waals surface area contributed by atoms with Crippen molar-refractivity contribution in [3.05, 3.63) is 29.3 Å². The summed E-state index contributed by atoms with van der Waals surface area (Å²) in [5.41, 5.74) is 1.13. The van der Waals surface area contributed by atoms with E-state index in [-0.39, 0.29) is 0 Å². The highest BCUT2D eigenvalue weighted by atomic mass is 35.5. The van der Waals surface area contributed by atoms with Gasteiger partial charge in [-0.1, -0.05) is 23.7 Å². The smallest absolute Gasteiger partial charge is 0.191 e. The minimum atomic E-state index is 0.382. The average Bonchev–Trinajstić information content (AvgIpc) is 2.72. The molecule has 0 spiro atoms. The fourth-order valence-corrected chi connectivity index (χ4v) is 4.80. The molecule has 0 radical (unpaired) electrons. The molecule has 2 unspecified atom stereocenters. The van der Waals surface area contributed by atoms with E-state index in [1.165, 1.54) is 32.7 Å². The molecule has 0 amide bonds. The monoisotopic (exact) mass is 390 g/mol. The van der Waals surface area contributed by atoms with E-state index in [2.05, 4.69) is 42.5 Å². The van der Waals surface area contributed by atoms with E-state index in [4.69, 9.17) is 11.6 Å². The molecule has 2 bridgehead atoms. The Balaban J connectivity index is 1.30. The molecule has 4 aliphatic rings. The van der Waals surface area contributed by atoms with Crippen molar-refractivity contribution in [3.63, 3.8) is 0 Å². The zero-order valence-electron chi connectivity index (χ0n) is 16.2. The number of aliphatic imine (C=N–C) groups is 1. The van der Waals surface area contributed by atoms with Gasteiger partial charge in [-0.15, -0.1) is 0 Å². The Morgan fingerprint density at radius 2 is 1.96 bits per heavy atom. The van der Waals surface area contributed by atoms with E-state index >= 15 is 0 Å². The molecule has 4 fully saturated rings.